The van der Waals surface area contributed by atoms with E-state index in [2.05, 4.69) is 10.6 Å². The summed E-state index contributed by atoms with van der Waals surface area (Å²) in [6.45, 7) is 0. The maximum atomic E-state index is 13.6. The largest absolute Gasteiger partial charge is 0.493 e. The molecule has 0 aliphatic carbocycles. The van der Waals surface area contributed by atoms with Gasteiger partial charge < -0.3 is 29.6 Å². The molecule has 4 aromatic carbocycles. The van der Waals surface area contributed by atoms with Crippen LogP contribution in [0.25, 0.3) is 0 Å². The number of hydrogen-bond acceptors (Lipinski definition) is 6. The molecule has 8 nitrogen and oxygen atoms in total. The van der Waals surface area contributed by atoms with E-state index in [4.69, 9.17) is 18.9 Å². The molecule has 0 radical (unpaired) electrons. The number of carbonyl (C=O) groups excluding carboxylic acids is 2. The first-order chi connectivity index (χ1) is 21.7. The molecule has 0 saturated heterocycles. The summed E-state index contributed by atoms with van der Waals surface area (Å²) in [4.78, 5) is 25.5. The summed E-state index contributed by atoms with van der Waals surface area (Å²) in [5.41, 5.74) is -2.23. The van der Waals surface area contributed by atoms with Crippen LogP contribution in [-0.2, 0) is 17.1 Å². The van der Waals surface area contributed by atoms with Crippen LogP contribution >= 0.6 is 0 Å². The molecule has 2 amide bonds. The monoisotopic (exact) mass is 648 g/mol. The summed E-state index contributed by atoms with van der Waals surface area (Å²) in [6.07, 6.45) is -11.0. The number of nitrogens with one attached hydrogen (secondary N) is 2. The zero-order valence-electron chi connectivity index (χ0n) is 24.4. The topological polar surface area (TPSA) is 95.1 Å². The molecule has 0 saturated carbocycles. The number of amides is 2. The van der Waals surface area contributed by atoms with Crippen molar-refractivity contribution in [1.82, 2.24) is 0 Å². The van der Waals surface area contributed by atoms with Gasteiger partial charge in [0, 0.05) is 17.4 Å². The maximum absolute atomic E-state index is 13.6. The van der Waals surface area contributed by atoms with Gasteiger partial charge in [-0.05, 0) is 65.7 Å². The van der Waals surface area contributed by atoms with Gasteiger partial charge in [0.1, 0.15) is 17.4 Å². The van der Waals surface area contributed by atoms with E-state index in [1.807, 2.05) is 0 Å². The molecule has 4 rings (SSSR count). The molecule has 0 unspecified atom stereocenters. The number of urea groups is 1. The predicted octanol–water partition coefficient (Wildman–Crippen LogP) is 8.34. The van der Waals surface area contributed by atoms with Gasteiger partial charge in [0.05, 0.1) is 32.5 Å². The average Bonchev–Trinajstić information content (AvgIpc) is 3.02. The molecule has 0 fully saturated rings. The average molecular weight is 649 g/mol. The Morgan fingerprint density at radius 1 is 0.630 bits per heavy atom. The van der Waals surface area contributed by atoms with Crippen LogP contribution in [0.3, 0.4) is 0 Å². The van der Waals surface area contributed by atoms with Crippen molar-refractivity contribution in [1.29, 1.82) is 0 Å². The third-order valence-electron chi connectivity index (χ3n) is 6.56. The van der Waals surface area contributed by atoms with Crippen LogP contribution in [0.4, 0.5) is 42.5 Å². The van der Waals surface area contributed by atoms with E-state index >= 15 is 0 Å². The standard InChI is InChI=1S/C32H26F6N2O6/c1-43-26-13-11-23(17-27(26)44-2)40-30(42)39-22-10-12-25(24(16-22)29(41)45-3)46-28(18-6-4-8-20(14-18)31(33,34)35)19-7-5-9-21(15-19)32(36,37)38/h4-17,28H,1-3H3,(H2,39,40,42). The summed E-state index contributed by atoms with van der Waals surface area (Å²) in [6, 6.07) is 15.5. The Hall–Kier alpha value is -5.40. The Morgan fingerprint density at radius 2 is 1.13 bits per heavy atom. The summed E-state index contributed by atoms with van der Waals surface area (Å²) in [5, 5.41) is 5.12. The normalized spacial score (nSPS) is 11.5. The van der Waals surface area contributed by atoms with Gasteiger partial charge in [0.25, 0.3) is 0 Å². The van der Waals surface area contributed by atoms with E-state index in [0.717, 1.165) is 43.5 Å². The quantitative estimate of drug-likeness (QED) is 0.140. The number of alkyl halides is 6. The van der Waals surface area contributed by atoms with Crippen LogP contribution in [0.2, 0.25) is 0 Å². The molecular weight excluding hydrogens is 622 g/mol. The highest BCUT2D eigenvalue weighted by Gasteiger charge is 2.34. The number of hydrogen-bond donors (Lipinski definition) is 2. The highest BCUT2D eigenvalue weighted by atomic mass is 19.4. The van der Waals surface area contributed by atoms with Crippen molar-refractivity contribution >= 4 is 23.4 Å². The lowest BCUT2D eigenvalue weighted by Gasteiger charge is -2.23. The molecule has 0 spiro atoms. The highest BCUT2D eigenvalue weighted by Crippen LogP contribution is 2.38. The lowest BCUT2D eigenvalue weighted by molar-refractivity contribution is -0.138. The second kappa shape index (κ2) is 13.7. The molecule has 14 heteroatoms. The lowest BCUT2D eigenvalue weighted by atomic mass is 9.97. The molecule has 0 aromatic heterocycles. The van der Waals surface area contributed by atoms with Crippen molar-refractivity contribution in [3.63, 3.8) is 0 Å². The van der Waals surface area contributed by atoms with Gasteiger partial charge in [-0.2, -0.15) is 26.3 Å². The minimum absolute atomic E-state index is 0.0837. The highest BCUT2D eigenvalue weighted by molar-refractivity contribution is 6.01. The van der Waals surface area contributed by atoms with Crippen LogP contribution in [0.1, 0.15) is 38.7 Å². The van der Waals surface area contributed by atoms with Crippen molar-refractivity contribution in [2.75, 3.05) is 32.0 Å². The smallest absolute Gasteiger partial charge is 0.416 e. The van der Waals surface area contributed by atoms with E-state index < -0.39 is 41.6 Å². The van der Waals surface area contributed by atoms with Gasteiger partial charge in [0.15, 0.2) is 11.5 Å². The number of ether oxygens (including phenoxy) is 4. The Balaban J connectivity index is 1.70. The van der Waals surface area contributed by atoms with Crippen LogP contribution < -0.4 is 24.8 Å². The zero-order valence-corrected chi connectivity index (χ0v) is 24.4. The second-order valence-electron chi connectivity index (χ2n) is 9.60. The van der Waals surface area contributed by atoms with E-state index in [9.17, 15) is 35.9 Å². The summed E-state index contributed by atoms with van der Waals surface area (Å²) in [7, 11) is 3.93. The number of anilines is 2. The van der Waals surface area contributed by atoms with E-state index in [1.165, 1.54) is 50.6 Å². The van der Waals surface area contributed by atoms with E-state index in [0.29, 0.717) is 17.2 Å². The number of rotatable bonds is 9. The fourth-order valence-electron chi connectivity index (χ4n) is 4.40. The molecule has 0 aliphatic rings. The summed E-state index contributed by atoms with van der Waals surface area (Å²) >= 11 is 0. The van der Waals surface area contributed by atoms with Crippen LogP contribution in [0.5, 0.6) is 17.2 Å². The molecule has 0 bridgehead atoms. The Morgan fingerprint density at radius 3 is 1.61 bits per heavy atom. The van der Waals surface area contributed by atoms with Crippen molar-refractivity contribution in [3.05, 3.63) is 113 Å². The number of esters is 1. The number of benzene rings is 4. The SMILES string of the molecule is COC(=O)c1cc(NC(=O)Nc2ccc(OC)c(OC)c2)ccc1OC(c1cccc(C(F)(F)F)c1)c1cccc(C(F)(F)F)c1. The third kappa shape index (κ3) is 8.00. The van der Waals surface area contributed by atoms with Crippen molar-refractivity contribution < 1.29 is 54.9 Å². The summed E-state index contributed by atoms with van der Waals surface area (Å²) < 4.78 is 103. The number of halogens is 6. The first-order valence-corrected chi connectivity index (χ1v) is 13.3. The minimum atomic E-state index is -4.75. The lowest BCUT2D eigenvalue weighted by Crippen LogP contribution is -2.20. The molecule has 242 valence electrons. The minimum Gasteiger partial charge on any atom is -0.493 e. The number of carbonyl (C=O) groups is 2. The molecule has 0 atom stereocenters. The fraction of sp³-hybridized carbons (Fsp3) is 0.188. The van der Waals surface area contributed by atoms with E-state index in [-0.39, 0.29) is 28.1 Å². The molecule has 0 aliphatic heterocycles. The molecule has 4 aromatic rings. The van der Waals surface area contributed by atoms with Crippen LogP contribution in [0.15, 0.2) is 84.9 Å². The molecule has 2 N–H and O–H groups in total. The molecular formula is C32H26F6N2O6. The van der Waals surface area contributed by atoms with Gasteiger partial charge in [-0.3, -0.25) is 0 Å². The van der Waals surface area contributed by atoms with Gasteiger partial charge in [-0.15, -0.1) is 0 Å². The molecule has 0 heterocycles. The predicted molar refractivity (Wildman–Crippen MR) is 155 cm³/mol. The van der Waals surface area contributed by atoms with Gasteiger partial charge >= 0.3 is 24.4 Å². The van der Waals surface area contributed by atoms with Gasteiger partial charge in [0.2, 0.25) is 0 Å². The maximum Gasteiger partial charge on any atom is 0.416 e. The molecule has 46 heavy (non-hydrogen) atoms. The first-order valence-electron chi connectivity index (χ1n) is 13.3. The Labute approximate surface area is 258 Å². The van der Waals surface area contributed by atoms with E-state index in [1.54, 1.807) is 12.1 Å². The first kappa shape index (κ1) is 33.5. The van der Waals surface area contributed by atoms with Gasteiger partial charge in [-0.25, -0.2) is 9.59 Å². The number of methoxy groups -OCH3 is 3. The Kier molecular flexibility index (Phi) is 9.98. The third-order valence-corrected chi connectivity index (χ3v) is 6.56. The second-order valence-corrected chi connectivity index (χ2v) is 9.60. The fourth-order valence-corrected chi connectivity index (χ4v) is 4.40. The van der Waals surface area contributed by atoms with Crippen LogP contribution in [0, 0.1) is 0 Å². The van der Waals surface area contributed by atoms with Crippen LogP contribution in [-0.4, -0.2) is 33.3 Å². The van der Waals surface area contributed by atoms with Gasteiger partial charge in [-0.1, -0.05) is 24.3 Å². The van der Waals surface area contributed by atoms with Crippen molar-refractivity contribution in [2.24, 2.45) is 0 Å². The van der Waals surface area contributed by atoms with Crippen molar-refractivity contribution in [2.45, 2.75) is 18.5 Å². The Bertz CT molecular complexity index is 1670. The summed E-state index contributed by atoms with van der Waals surface area (Å²) in [5.74, 6) is -0.408. The zero-order chi connectivity index (χ0) is 33.6. The van der Waals surface area contributed by atoms with Crippen molar-refractivity contribution in [3.8, 4) is 17.2 Å².